The minimum Gasteiger partial charge on any atom is -0.318 e. The molecule has 2 rings (SSSR count). The van der Waals surface area contributed by atoms with Crippen molar-refractivity contribution in [3.63, 3.8) is 0 Å². The third-order valence-electron chi connectivity index (χ3n) is 3.32. The van der Waals surface area contributed by atoms with Gasteiger partial charge in [-0.15, -0.1) is 0 Å². The topological polar surface area (TPSA) is 107 Å². The van der Waals surface area contributed by atoms with Crippen LogP contribution in [0.2, 0.25) is 0 Å². The smallest absolute Gasteiger partial charge is 0.238 e. The van der Waals surface area contributed by atoms with Crippen molar-refractivity contribution in [3.05, 3.63) is 47.3 Å². The molecule has 0 saturated heterocycles. The van der Waals surface area contributed by atoms with Crippen LogP contribution in [0.15, 0.2) is 40.3 Å². The lowest BCUT2D eigenvalue weighted by molar-refractivity contribution is -0.118. The highest BCUT2D eigenvalue weighted by atomic mass is 32.2. The zero-order valence-electron chi connectivity index (χ0n) is 13.1. The molecule has 1 heterocycles. The number of nitrogens with zero attached hydrogens (tertiary/aromatic N) is 2. The maximum absolute atomic E-state index is 11.3. The van der Waals surface area contributed by atoms with Gasteiger partial charge in [0.25, 0.3) is 0 Å². The Labute approximate surface area is 134 Å². The van der Waals surface area contributed by atoms with Crippen LogP contribution in [0, 0.1) is 13.8 Å². The van der Waals surface area contributed by atoms with Crippen molar-refractivity contribution in [1.82, 2.24) is 9.99 Å². The first kappa shape index (κ1) is 16.9. The lowest BCUT2D eigenvalue weighted by Crippen LogP contribution is -2.12. The number of aryl methyl sites for hydroxylation is 1. The number of nitrogens with two attached hydrogens (primary N) is 1. The number of carbonyl (C=O) groups is 1. The molecule has 2 aromatic rings. The summed E-state index contributed by atoms with van der Waals surface area (Å²) in [6, 6.07) is 8.24. The van der Waals surface area contributed by atoms with E-state index in [0.29, 0.717) is 0 Å². The number of hydrazone groups is 1. The first-order valence-electron chi connectivity index (χ1n) is 6.82. The molecule has 0 radical (unpaired) electrons. The first-order valence-corrected chi connectivity index (χ1v) is 8.36. The Morgan fingerprint density at radius 3 is 2.39 bits per heavy atom. The maximum Gasteiger partial charge on any atom is 0.238 e. The van der Waals surface area contributed by atoms with E-state index in [0.717, 1.165) is 22.6 Å². The Balaban J connectivity index is 2.39. The summed E-state index contributed by atoms with van der Waals surface area (Å²) >= 11 is 0. The monoisotopic (exact) mass is 334 g/mol. The summed E-state index contributed by atoms with van der Waals surface area (Å²) in [5.74, 6) is -0.242. The van der Waals surface area contributed by atoms with E-state index in [2.05, 4.69) is 10.5 Å². The summed E-state index contributed by atoms with van der Waals surface area (Å²) < 4.78 is 24.6. The van der Waals surface area contributed by atoms with Gasteiger partial charge in [-0.1, -0.05) is 0 Å². The molecule has 1 aromatic carbocycles. The summed E-state index contributed by atoms with van der Waals surface area (Å²) in [6.45, 7) is 5.22. The van der Waals surface area contributed by atoms with Gasteiger partial charge < -0.3 is 4.57 Å². The quantitative estimate of drug-likeness (QED) is 0.648. The Morgan fingerprint density at radius 2 is 1.87 bits per heavy atom. The molecule has 0 bridgehead atoms. The minimum absolute atomic E-state index is 0.0659. The number of amides is 1. The summed E-state index contributed by atoms with van der Waals surface area (Å²) in [5, 5.41) is 8.96. The fourth-order valence-corrected chi connectivity index (χ4v) is 2.81. The van der Waals surface area contributed by atoms with Gasteiger partial charge >= 0.3 is 0 Å². The van der Waals surface area contributed by atoms with Crippen LogP contribution in [0.4, 0.5) is 0 Å². The van der Waals surface area contributed by atoms with E-state index < -0.39 is 10.0 Å². The van der Waals surface area contributed by atoms with Crippen molar-refractivity contribution in [2.75, 3.05) is 0 Å². The normalized spacial score (nSPS) is 11.8. The highest BCUT2D eigenvalue weighted by Gasteiger charge is 2.11. The molecule has 1 amide bonds. The van der Waals surface area contributed by atoms with Crippen LogP contribution in [0.5, 0.6) is 0 Å². The Bertz CT molecular complexity index is 865. The van der Waals surface area contributed by atoms with Crippen molar-refractivity contribution < 1.29 is 13.2 Å². The van der Waals surface area contributed by atoms with E-state index in [9.17, 15) is 13.2 Å². The molecule has 23 heavy (non-hydrogen) atoms. The molecule has 0 fully saturated rings. The molecule has 0 spiro atoms. The number of rotatable bonds is 4. The standard InChI is InChI=1S/C15H18N4O3S/c1-10-8-13(9-17-18-12(3)20)11(2)19(10)14-4-6-15(7-5-14)23(16,21)22/h4-9H,1-3H3,(H,18,20)(H2,16,21,22). The second kappa shape index (κ2) is 6.35. The lowest BCUT2D eigenvalue weighted by atomic mass is 10.2. The molecule has 3 N–H and O–H groups in total. The van der Waals surface area contributed by atoms with Gasteiger partial charge in [-0.05, 0) is 44.2 Å². The Morgan fingerprint density at radius 1 is 1.26 bits per heavy atom. The lowest BCUT2D eigenvalue weighted by Gasteiger charge is -2.10. The van der Waals surface area contributed by atoms with Crippen molar-refractivity contribution in [3.8, 4) is 5.69 Å². The Hall–Kier alpha value is -2.45. The highest BCUT2D eigenvalue weighted by Crippen LogP contribution is 2.21. The second-order valence-corrected chi connectivity index (χ2v) is 6.69. The number of hydrogen-bond acceptors (Lipinski definition) is 4. The molecule has 122 valence electrons. The van der Waals surface area contributed by atoms with E-state index in [1.54, 1.807) is 18.3 Å². The summed E-state index contributed by atoms with van der Waals surface area (Å²) in [5.41, 5.74) is 5.89. The third-order valence-corrected chi connectivity index (χ3v) is 4.25. The number of carbonyl (C=O) groups excluding carboxylic acids is 1. The van der Waals surface area contributed by atoms with E-state index in [1.807, 2.05) is 24.5 Å². The van der Waals surface area contributed by atoms with Gasteiger partial charge in [-0.2, -0.15) is 5.10 Å². The molecule has 7 nitrogen and oxygen atoms in total. The average Bonchev–Trinajstić information content (AvgIpc) is 2.72. The first-order chi connectivity index (χ1) is 10.7. The van der Waals surface area contributed by atoms with Crippen LogP contribution in [-0.2, 0) is 14.8 Å². The molecule has 0 unspecified atom stereocenters. The molecule has 0 aliphatic carbocycles. The van der Waals surface area contributed by atoms with Crippen LogP contribution >= 0.6 is 0 Å². The Kier molecular flexibility index (Phi) is 4.67. The van der Waals surface area contributed by atoms with E-state index in [1.165, 1.54) is 19.1 Å². The fourth-order valence-electron chi connectivity index (χ4n) is 2.29. The highest BCUT2D eigenvalue weighted by molar-refractivity contribution is 7.89. The third kappa shape index (κ3) is 3.85. The van der Waals surface area contributed by atoms with Gasteiger partial charge in [0.15, 0.2) is 0 Å². The number of aromatic nitrogens is 1. The number of benzene rings is 1. The van der Waals surface area contributed by atoms with Crippen molar-refractivity contribution in [2.45, 2.75) is 25.7 Å². The zero-order chi connectivity index (χ0) is 17.2. The van der Waals surface area contributed by atoms with Crippen LogP contribution in [-0.4, -0.2) is 25.1 Å². The molecule has 0 saturated carbocycles. The predicted molar refractivity (Wildman–Crippen MR) is 88.0 cm³/mol. The molecule has 0 aliphatic heterocycles. The second-order valence-electron chi connectivity index (χ2n) is 5.13. The number of hydrogen-bond donors (Lipinski definition) is 2. The van der Waals surface area contributed by atoms with Gasteiger partial charge in [-0.3, -0.25) is 4.79 Å². The van der Waals surface area contributed by atoms with Gasteiger partial charge in [-0.25, -0.2) is 19.0 Å². The van der Waals surface area contributed by atoms with Gasteiger partial charge in [0.1, 0.15) is 0 Å². The van der Waals surface area contributed by atoms with E-state index >= 15 is 0 Å². The molecule has 8 heteroatoms. The fraction of sp³-hybridized carbons (Fsp3) is 0.200. The number of sulfonamides is 1. The molecule has 0 atom stereocenters. The number of primary sulfonamides is 1. The largest absolute Gasteiger partial charge is 0.318 e. The van der Waals surface area contributed by atoms with Gasteiger partial charge in [0.05, 0.1) is 11.1 Å². The van der Waals surface area contributed by atoms with Crippen molar-refractivity contribution in [1.29, 1.82) is 0 Å². The van der Waals surface area contributed by atoms with Crippen LogP contribution in [0.25, 0.3) is 5.69 Å². The van der Waals surface area contributed by atoms with E-state index in [-0.39, 0.29) is 10.8 Å². The van der Waals surface area contributed by atoms with Crippen molar-refractivity contribution in [2.24, 2.45) is 10.2 Å². The van der Waals surface area contributed by atoms with E-state index in [4.69, 9.17) is 5.14 Å². The average molecular weight is 334 g/mol. The van der Waals surface area contributed by atoms with Gasteiger partial charge in [0.2, 0.25) is 15.9 Å². The molecular formula is C15H18N4O3S. The molecule has 0 aliphatic rings. The summed E-state index contributed by atoms with van der Waals surface area (Å²) in [4.78, 5) is 10.9. The van der Waals surface area contributed by atoms with Crippen LogP contribution in [0.3, 0.4) is 0 Å². The van der Waals surface area contributed by atoms with Gasteiger partial charge in [0, 0.05) is 29.6 Å². The molecule has 1 aromatic heterocycles. The minimum atomic E-state index is -3.71. The van der Waals surface area contributed by atoms with Crippen LogP contribution < -0.4 is 10.6 Å². The maximum atomic E-state index is 11.3. The predicted octanol–water partition coefficient (Wildman–Crippen LogP) is 1.21. The molecular weight excluding hydrogens is 316 g/mol. The zero-order valence-corrected chi connectivity index (χ0v) is 13.9. The summed E-state index contributed by atoms with van der Waals surface area (Å²) in [6.07, 6.45) is 1.57. The number of nitrogens with one attached hydrogen (secondary N) is 1. The summed E-state index contributed by atoms with van der Waals surface area (Å²) in [7, 11) is -3.71. The SMILES string of the molecule is CC(=O)NN=Cc1cc(C)n(-c2ccc(S(N)(=O)=O)cc2)c1C. The van der Waals surface area contributed by atoms with Crippen molar-refractivity contribution >= 4 is 22.1 Å². The van der Waals surface area contributed by atoms with Crippen LogP contribution in [0.1, 0.15) is 23.9 Å².